The minimum absolute atomic E-state index is 0.166. The topological polar surface area (TPSA) is 21.3 Å². The van der Waals surface area contributed by atoms with Crippen LogP contribution in [0.3, 0.4) is 0 Å². The normalized spacial score (nSPS) is 19.9. The summed E-state index contributed by atoms with van der Waals surface area (Å²) in [5.41, 5.74) is 0.459. The summed E-state index contributed by atoms with van der Waals surface area (Å²) in [6.45, 7) is 3.45. The van der Waals surface area contributed by atoms with Crippen molar-refractivity contribution in [3.8, 4) is 0 Å². The Labute approximate surface area is 123 Å². The van der Waals surface area contributed by atoms with E-state index in [0.29, 0.717) is 18.2 Å². The summed E-state index contributed by atoms with van der Waals surface area (Å²) in [7, 11) is 0. The van der Waals surface area contributed by atoms with Crippen LogP contribution in [0.25, 0.3) is 0 Å². The Morgan fingerprint density at radius 1 is 1.29 bits per heavy atom. The first-order chi connectivity index (χ1) is 10.1. The summed E-state index contributed by atoms with van der Waals surface area (Å²) in [6, 6.07) is 2.00. The zero-order valence-corrected chi connectivity index (χ0v) is 12.3. The Morgan fingerprint density at radius 3 is 2.57 bits per heavy atom. The zero-order valence-electron chi connectivity index (χ0n) is 12.3. The van der Waals surface area contributed by atoms with Crippen molar-refractivity contribution < 1.29 is 17.9 Å². The summed E-state index contributed by atoms with van der Waals surface area (Å²) in [5.74, 6) is -3.67. The predicted octanol–water partition coefficient (Wildman–Crippen LogP) is 4.10. The van der Waals surface area contributed by atoms with Gasteiger partial charge in [0.15, 0.2) is 17.5 Å². The number of halogens is 3. The van der Waals surface area contributed by atoms with Crippen LogP contribution in [0.4, 0.5) is 13.2 Å². The molecule has 0 saturated carbocycles. The predicted molar refractivity (Wildman–Crippen MR) is 75.6 cm³/mol. The van der Waals surface area contributed by atoms with Crippen LogP contribution >= 0.6 is 0 Å². The van der Waals surface area contributed by atoms with Crippen LogP contribution in [-0.4, -0.2) is 19.3 Å². The molecule has 0 aromatic heterocycles. The Morgan fingerprint density at radius 2 is 2.00 bits per heavy atom. The lowest BCUT2D eigenvalue weighted by Gasteiger charge is -2.19. The highest BCUT2D eigenvalue weighted by molar-refractivity contribution is 5.22. The van der Waals surface area contributed by atoms with Gasteiger partial charge in [-0.3, -0.25) is 0 Å². The van der Waals surface area contributed by atoms with Gasteiger partial charge >= 0.3 is 0 Å². The average Bonchev–Trinajstić information content (AvgIpc) is 2.96. The molecule has 5 heteroatoms. The third-order valence-corrected chi connectivity index (χ3v) is 3.90. The summed E-state index contributed by atoms with van der Waals surface area (Å²) in [6.07, 6.45) is 5.12. The Kier molecular flexibility index (Phi) is 6.06. The lowest BCUT2D eigenvalue weighted by molar-refractivity contribution is 0.101. The second kappa shape index (κ2) is 7.80. The van der Waals surface area contributed by atoms with Gasteiger partial charge in [0.05, 0.1) is 6.10 Å². The lowest BCUT2D eigenvalue weighted by Crippen LogP contribution is -2.22. The first kappa shape index (κ1) is 16.3. The van der Waals surface area contributed by atoms with E-state index >= 15 is 0 Å². The molecule has 0 amide bonds. The van der Waals surface area contributed by atoms with E-state index in [9.17, 15) is 13.2 Å². The maximum atomic E-state index is 13.3. The number of rotatable bonds is 7. The highest BCUT2D eigenvalue weighted by atomic mass is 19.2. The summed E-state index contributed by atoms with van der Waals surface area (Å²) < 4.78 is 45.3. The first-order valence-electron chi connectivity index (χ1n) is 7.61. The van der Waals surface area contributed by atoms with Gasteiger partial charge in [-0.25, -0.2) is 13.2 Å². The van der Waals surface area contributed by atoms with E-state index in [0.717, 1.165) is 50.8 Å². The van der Waals surface area contributed by atoms with Crippen molar-refractivity contribution in [1.29, 1.82) is 0 Å². The third-order valence-electron chi connectivity index (χ3n) is 3.90. The van der Waals surface area contributed by atoms with E-state index in [1.807, 2.05) is 6.92 Å². The summed E-state index contributed by atoms with van der Waals surface area (Å²) >= 11 is 0. The Balaban J connectivity index is 1.97. The van der Waals surface area contributed by atoms with Crippen LogP contribution in [-0.2, 0) is 4.74 Å². The van der Waals surface area contributed by atoms with Gasteiger partial charge in [-0.1, -0.05) is 6.92 Å². The van der Waals surface area contributed by atoms with Gasteiger partial charge in [0.2, 0.25) is 0 Å². The fraction of sp³-hybridized carbons (Fsp3) is 0.625. The molecule has 2 unspecified atom stereocenters. The van der Waals surface area contributed by atoms with Crippen molar-refractivity contribution in [3.63, 3.8) is 0 Å². The van der Waals surface area contributed by atoms with Crippen molar-refractivity contribution in [1.82, 2.24) is 5.32 Å². The van der Waals surface area contributed by atoms with E-state index in [2.05, 4.69) is 5.32 Å². The number of nitrogens with one attached hydrogen (secondary N) is 1. The van der Waals surface area contributed by atoms with E-state index in [4.69, 9.17) is 4.74 Å². The standard InChI is InChI=1S/C16H22F3NO/c1-2-20-15(7-3-5-12-6-4-8-21-12)11-9-13(17)16(19)14(18)10-11/h9-10,12,15,20H,2-8H2,1H3. The van der Waals surface area contributed by atoms with Crippen LogP contribution in [0.15, 0.2) is 12.1 Å². The molecule has 1 heterocycles. The van der Waals surface area contributed by atoms with E-state index in [1.165, 1.54) is 0 Å². The van der Waals surface area contributed by atoms with Crippen molar-refractivity contribution in [3.05, 3.63) is 35.1 Å². The molecule has 1 saturated heterocycles. The molecular weight excluding hydrogens is 279 g/mol. The largest absolute Gasteiger partial charge is 0.378 e. The van der Waals surface area contributed by atoms with Crippen LogP contribution in [0, 0.1) is 17.5 Å². The molecule has 21 heavy (non-hydrogen) atoms. The van der Waals surface area contributed by atoms with Crippen molar-refractivity contribution in [2.24, 2.45) is 0 Å². The molecule has 1 aliphatic rings. The minimum Gasteiger partial charge on any atom is -0.378 e. The fourth-order valence-corrected chi connectivity index (χ4v) is 2.83. The molecule has 118 valence electrons. The van der Waals surface area contributed by atoms with Gasteiger partial charge in [0, 0.05) is 12.6 Å². The fourth-order valence-electron chi connectivity index (χ4n) is 2.83. The molecule has 2 atom stereocenters. The van der Waals surface area contributed by atoms with Crippen LogP contribution in [0.5, 0.6) is 0 Å². The van der Waals surface area contributed by atoms with Crippen LogP contribution < -0.4 is 5.32 Å². The molecule has 1 aromatic rings. The first-order valence-corrected chi connectivity index (χ1v) is 7.61. The summed E-state index contributed by atoms with van der Waals surface area (Å²) in [4.78, 5) is 0. The molecule has 2 rings (SSSR count). The SMILES string of the molecule is CCNC(CCCC1CCCO1)c1cc(F)c(F)c(F)c1. The van der Waals surface area contributed by atoms with Crippen molar-refractivity contribution >= 4 is 0 Å². The van der Waals surface area contributed by atoms with Crippen molar-refractivity contribution in [2.75, 3.05) is 13.2 Å². The lowest BCUT2D eigenvalue weighted by atomic mass is 9.98. The van der Waals surface area contributed by atoms with E-state index in [-0.39, 0.29) is 6.04 Å². The highest BCUT2D eigenvalue weighted by Crippen LogP contribution is 2.25. The van der Waals surface area contributed by atoms with Gasteiger partial charge in [-0.05, 0) is 56.3 Å². The minimum atomic E-state index is -1.41. The van der Waals surface area contributed by atoms with Gasteiger partial charge in [0.1, 0.15) is 0 Å². The van der Waals surface area contributed by atoms with Crippen LogP contribution in [0.1, 0.15) is 50.6 Å². The monoisotopic (exact) mass is 301 g/mol. The molecule has 1 N–H and O–H groups in total. The Hall–Kier alpha value is -1.07. The molecule has 1 fully saturated rings. The molecule has 0 bridgehead atoms. The molecule has 0 spiro atoms. The molecule has 1 aliphatic heterocycles. The van der Waals surface area contributed by atoms with Crippen molar-refractivity contribution in [2.45, 2.75) is 51.2 Å². The second-order valence-corrected chi connectivity index (χ2v) is 5.47. The van der Waals surface area contributed by atoms with Gasteiger partial charge in [-0.2, -0.15) is 0 Å². The zero-order chi connectivity index (χ0) is 15.2. The molecular formula is C16H22F3NO. The Bertz CT molecular complexity index is 438. The molecule has 2 nitrogen and oxygen atoms in total. The number of ether oxygens (including phenoxy) is 1. The quantitative estimate of drug-likeness (QED) is 0.765. The smallest absolute Gasteiger partial charge is 0.194 e. The van der Waals surface area contributed by atoms with E-state index in [1.54, 1.807) is 0 Å². The second-order valence-electron chi connectivity index (χ2n) is 5.47. The van der Waals surface area contributed by atoms with Gasteiger partial charge < -0.3 is 10.1 Å². The van der Waals surface area contributed by atoms with Gasteiger partial charge in [-0.15, -0.1) is 0 Å². The van der Waals surface area contributed by atoms with E-state index < -0.39 is 17.5 Å². The summed E-state index contributed by atoms with van der Waals surface area (Å²) in [5, 5.41) is 3.20. The van der Waals surface area contributed by atoms with Crippen LogP contribution in [0.2, 0.25) is 0 Å². The maximum Gasteiger partial charge on any atom is 0.194 e. The average molecular weight is 301 g/mol. The highest BCUT2D eigenvalue weighted by Gasteiger charge is 2.19. The number of hydrogen-bond acceptors (Lipinski definition) is 2. The maximum absolute atomic E-state index is 13.3. The molecule has 0 radical (unpaired) electrons. The van der Waals surface area contributed by atoms with Gasteiger partial charge in [0.25, 0.3) is 0 Å². The number of hydrogen-bond donors (Lipinski definition) is 1. The molecule has 1 aromatic carbocycles. The number of benzene rings is 1. The molecule has 0 aliphatic carbocycles. The third kappa shape index (κ3) is 4.45.